The summed E-state index contributed by atoms with van der Waals surface area (Å²) in [7, 11) is 2.36. The van der Waals surface area contributed by atoms with Gasteiger partial charge in [0, 0.05) is 6.04 Å². The number of unbranched alkanes of at least 4 members (excludes halogenated alkanes) is 25. The summed E-state index contributed by atoms with van der Waals surface area (Å²) in [6.07, 6.45) is 50.2. The van der Waals surface area contributed by atoms with E-state index < -0.39 is 0 Å². The third-order valence-electron chi connectivity index (χ3n) is 11.7. The molecule has 0 amide bonds. The third kappa shape index (κ3) is 34.3. The third-order valence-corrected chi connectivity index (χ3v) is 11.7. The van der Waals surface area contributed by atoms with Crippen LogP contribution in [0.15, 0.2) is 24.3 Å². The van der Waals surface area contributed by atoms with Gasteiger partial charge in [0.05, 0.1) is 0 Å². The molecular formula is C48H95N. The minimum absolute atomic E-state index is 0.736. The normalized spacial score (nSPS) is 12.4. The van der Waals surface area contributed by atoms with Crippen LogP contribution in [0.3, 0.4) is 0 Å². The van der Waals surface area contributed by atoms with E-state index >= 15 is 0 Å². The number of hydrogen-bond acceptors (Lipinski definition) is 1. The van der Waals surface area contributed by atoms with Gasteiger partial charge in [-0.15, -0.1) is 0 Å². The van der Waals surface area contributed by atoms with Gasteiger partial charge in [-0.2, -0.15) is 0 Å². The summed E-state index contributed by atoms with van der Waals surface area (Å²) >= 11 is 0. The highest BCUT2D eigenvalue weighted by molar-refractivity contribution is 5.00. The summed E-state index contributed by atoms with van der Waals surface area (Å²) in [5, 5.41) is 0. The van der Waals surface area contributed by atoms with E-state index in [1.807, 2.05) is 0 Å². The highest BCUT2D eigenvalue weighted by atomic mass is 15.1. The van der Waals surface area contributed by atoms with E-state index in [0.717, 1.165) is 12.0 Å². The topological polar surface area (TPSA) is 3.24 Å². The first-order valence-electron chi connectivity index (χ1n) is 23.0. The molecule has 49 heavy (non-hydrogen) atoms. The molecule has 0 saturated carbocycles. The molecule has 1 unspecified atom stereocenters. The Balaban J connectivity index is 3.83. The zero-order chi connectivity index (χ0) is 36.0. The lowest BCUT2D eigenvalue weighted by atomic mass is 9.86. The Morgan fingerprint density at radius 3 is 1.16 bits per heavy atom. The lowest BCUT2D eigenvalue weighted by Crippen LogP contribution is -2.29. The molecule has 0 heterocycles. The van der Waals surface area contributed by atoms with Gasteiger partial charge in [0.1, 0.15) is 0 Å². The SMILES string of the molecule is C=C(CCCCCCC)CCCCCCCCCC(C)N(C)CCCCCCCCC(=C)C(CCCCCCCC)CCCCCCCC. The molecule has 0 rings (SSSR count). The molecule has 0 bridgehead atoms. The molecule has 0 aliphatic rings. The number of hydrogen-bond donors (Lipinski definition) is 0. The van der Waals surface area contributed by atoms with Gasteiger partial charge >= 0.3 is 0 Å². The van der Waals surface area contributed by atoms with E-state index in [-0.39, 0.29) is 0 Å². The highest BCUT2D eigenvalue weighted by Gasteiger charge is 2.13. The van der Waals surface area contributed by atoms with E-state index in [4.69, 9.17) is 0 Å². The Hall–Kier alpha value is -0.560. The molecule has 1 nitrogen and oxygen atoms in total. The highest BCUT2D eigenvalue weighted by Crippen LogP contribution is 2.28. The molecule has 0 aliphatic heterocycles. The van der Waals surface area contributed by atoms with E-state index in [2.05, 4.69) is 52.8 Å². The lowest BCUT2D eigenvalue weighted by molar-refractivity contribution is 0.236. The van der Waals surface area contributed by atoms with Gasteiger partial charge in [0.25, 0.3) is 0 Å². The van der Waals surface area contributed by atoms with Crippen molar-refractivity contribution in [3.05, 3.63) is 24.3 Å². The average molecular weight is 686 g/mol. The Bertz CT molecular complexity index is 663. The van der Waals surface area contributed by atoms with Crippen LogP contribution in [0.2, 0.25) is 0 Å². The Labute approximate surface area is 312 Å². The van der Waals surface area contributed by atoms with Crippen molar-refractivity contribution >= 4 is 0 Å². The van der Waals surface area contributed by atoms with Crippen molar-refractivity contribution in [1.29, 1.82) is 0 Å². The summed E-state index contributed by atoms with van der Waals surface area (Å²) in [5.74, 6) is 0.797. The van der Waals surface area contributed by atoms with Gasteiger partial charge < -0.3 is 4.90 Å². The molecule has 0 saturated heterocycles. The Morgan fingerprint density at radius 2 is 0.735 bits per heavy atom. The van der Waals surface area contributed by atoms with Gasteiger partial charge in [-0.1, -0.05) is 212 Å². The van der Waals surface area contributed by atoms with Crippen LogP contribution in [0.1, 0.15) is 259 Å². The second-order valence-corrected chi connectivity index (χ2v) is 16.6. The zero-order valence-corrected chi connectivity index (χ0v) is 35.2. The van der Waals surface area contributed by atoms with Crippen LogP contribution >= 0.6 is 0 Å². The summed E-state index contributed by atoms with van der Waals surface area (Å²) in [5.41, 5.74) is 3.10. The predicted molar refractivity (Wildman–Crippen MR) is 227 cm³/mol. The summed E-state index contributed by atoms with van der Waals surface area (Å²) in [4.78, 5) is 2.63. The number of allylic oxidation sites excluding steroid dienone is 2. The van der Waals surface area contributed by atoms with Gasteiger partial charge in [-0.05, 0) is 90.6 Å². The molecule has 0 spiro atoms. The van der Waals surface area contributed by atoms with Crippen molar-refractivity contribution in [2.75, 3.05) is 13.6 Å². The van der Waals surface area contributed by atoms with Gasteiger partial charge in [-0.25, -0.2) is 0 Å². The molecule has 0 radical (unpaired) electrons. The van der Waals surface area contributed by atoms with Crippen LogP contribution in [-0.4, -0.2) is 24.5 Å². The van der Waals surface area contributed by atoms with Crippen LogP contribution in [-0.2, 0) is 0 Å². The minimum Gasteiger partial charge on any atom is -0.304 e. The molecule has 1 heteroatoms. The first-order valence-corrected chi connectivity index (χ1v) is 23.0. The maximum absolute atomic E-state index is 4.65. The molecule has 0 fully saturated rings. The van der Waals surface area contributed by atoms with Crippen molar-refractivity contribution in [3.63, 3.8) is 0 Å². The second kappa shape index (κ2) is 38.7. The second-order valence-electron chi connectivity index (χ2n) is 16.6. The summed E-state index contributed by atoms with van der Waals surface area (Å²) < 4.78 is 0. The molecule has 0 N–H and O–H groups in total. The zero-order valence-electron chi connectivity index (χ0n) is 35.2. The van der Waals surface area contributed by atoms with Crippen LogP contribution < -0.4 is 0 Å². The fraction of sp³-hybridized carbons (Fsp3) is 0.917. The fourth-order valence-electron chi connectivity index (χ4n) is 7.76. The largest absolute Gasteiger partial charge is 0.304 e. The summed E-state index contributed by atoms with van der Waals surface area (Å²) in [6.45, 7) is 19.7. The smallest absolute Gasteiger partial charge is 0.00638 e. The van der Waals surface area contributed by atoms with E-state index in [0.29, 0.717) is 0 Å². The maximum Gasteiger partial charge on any atom is 0.00638 e. The molecule has 0 aromatic heterocycles. The average Bonchev–Trinajstić information content (AvgIpc) is 3.10. The maximum atomic E-state index is 4.65. The monoisotopic (exact) mass is 686 g/mol. The first-order chi connectivity index (χ1) is 24.0. The first kappa shape index (κ1) is 48.4. The Morgan fingerprint density at radius 1 is 0.408 bits per heavy atom. The number of rotatable bonds is 41. The number of nitrogens with zero attached hydrogens (tertiary/aromatic N) is 1. The van der Waals surface area contributed by atoms with E-state index in [1.54, 1.807) is 5.57 Å². The standard InChI is InChI=1S/C48H95N/c1-8-11-14-17-28-35-42-48(43-36-29-18-15-12-9-2)46(5)40-33-26-22-23-30-37-44-49(7)47(6)41-34-27-21-19-20-25-32-39-45(4)38-31-24-16-13-10-3/h47-48H,4-5,8-44H2,1-3,6-7H3. The van der Waals surface area contributed by atoms with Gasteiger partial charge in [0.15, 0.2) is 0 Å². The van der Waals surface area contributed by atoms with E-state index in [9.17, 15) is 0 Å². The quantitative estimate of drug-likeness (QED) is 0.0457. The summed E-state index contributed by atoms with van der Waals surface area (Å²) in [6, 6.07) is 0.736. The van der Waals surface area contributed by atoms with Crippen molar-refractivity contribution in [2.45, 2.75) is 265 Å². The van der Waals surface area contributed by atoms with Crippen molar-refractivity contribution in [1.82, 2.24) is 4.90 Å². The van der Waals surface area contributed by atoms with Crippen LogP contribution in [0.5, 0.6) is 0 Å². The predicted octanol–water partition coefficient (Wildman–Crippen LogP) is 17.1. The lowest BCUT2D eigenvalue weighted by Gasteiger charge is -2.24. The molecule has 292 valence electrons. The van der Waals surface area contributed by atoms with Crippen molar-refractivity contribution in [3.8, 4) is 0 Å². The van der Waals surface area contributed by atoms with Crippen molar-refractivity contribution in [2.24, 2.45) is 5.92 Å². The van der Waals surface area contributed by atoms with Crippen molar-refractivity contribution < 1.29 is 0 Å². The van der Waals surface area contributed by atoms with Crippen LogP contribution in [0, 0.1) is 5.92 Å². The van der Waals surface area contributed by atoms with Gasteiger partial charge in [-0.3, -0.25) is 0 Å². The molecule has 0 aromatic rings. The minimum atomic E-state index is 0.736. The van der Waals surface area contributed by atoms with Crippen LogP contribution in [0.25, 0.3) is 0 Å². The molecule has 0 aromatic carbocycles. The van der Waals surface area contributed by atoms with E-state index in [1.165, 1.54) is 243 Å². The van der Waals surface area contributed by atoms with Gasteiger partial charge in [0.2, 0.25) is 0 Å². The van der Waals surface area contributed by atoms with Crippen LogP contribution in [0.4, 0.5) is 0 Å². The Kier molecular flexibility index (Phi) is 38.2. The molecular weight excluding hydrogens is 591 g/mol. The molecule has 1 atom stereocenters. The fourth-order valence-corrected chi connectivity index (χ4v) is 7.76. The molecule has 0 aliphatic carbocycles.